The van der Waals surface area contributed by atoms with Gasteiger partial charge in [0.2, 0.25) is 9.76 Å². The number of unbranched alkanes of at least 4 members (excludes halogenated alkanes) is 2. The van der Waals surface area contributed by atoms with Crippen LogP contribution in [0.5, 0.6) is 0 Å². The summed E-state index contributed by atoms with van der Waals surface area (Å²) in [5.41, 5.74) is 0. The maximum Gasteiger partial charge on any atom is 0.349 e. The minimum atomic E-state index is -0.814. The van der Waals surface area contributed by atoms with Crippen LogP contribution in [0.25, 0.3) is 0 Å². The summed E-state index contributed by atoms with van der Waals surface area (Å²) in [6.07, 6.45) is 3.14. The van der Waals surface area contributed by atoms with Crippen molar-refractivity contribution < 1.29 is 18.7 Å². The number of carbonyl (C=O) groups is 1. The minimum absolute atomic E-state index is 0.360. The van der Waals surface area contributed by atoms with Gasteiger partial charge in [0.1, 0.15) is 0 Å². The number of rotatable bonds is 10. The largest absolute Gasteiger partial charge is 0.522 e. The number of carbonyl (C=O) groups excluding carboxylic acids is 1. The van der Waals surface area contributed by atoms with E-state index in [1.54, 1.807) is 0 Å². The Balaban J connectivity index is 3.89. The van der Waals surface area contributed by atoms with Crippen molar-refractivity contribution in [2.75, 3.05) is 13.2 Å². The number of ether oxygens (including phenoxy) is 2. The zero-order valence-corrected chi connectivity index (χ0v) is 12.1. The van der Waals surface area contributed by atoms with E-state index in [0.29, 0.717) is 13.2 Å². The highest BCUT2D eigenvalue weighted by atomic mass is 28.2. The lowest BCUT2D eigenvalue weighted by atomic mass is 10.3. The molecule has 0 fully saturated rings. The van der Waals surface area contributed by atoms with Gasteiger partial charge in [-0.15, -0.1) is 0 Å². The standard InChI is InChI=1S/C11H24O4Si/c1-4-6-8-13-11(10(12)15-16-3)14-9-7-5-2/h11H,4-9,16H2,1-3H3. The second-order valence-corrected chi connectivity index (χ2v) is 4.40. The first-order valence-electron chi connectivity index (χ1n) is 6.16. The summed E-state index contributed by atoms with van der Waals surface area (Å²) in [6.45, 7) is 7.16. The van der Waals surface area contributed by atoms with E-state index >= 15 is 0 Å². The highest BCUT2D eigenvalue weighted by Crippen LogP contribution is 2.02. The van der Waals surface area contributed by atoms with Crippen LogP contribution in [0.4, 0.5) is 0 Å². The van der Waals surface area contributed by atoms with Gasteiger partial charge in [0.15, 0.2) is 0 Å². The molecule has 0 aromatic heterocycles. The molecule has 0 aliphatic rings. The van der Waals surface area contributed by atoms with Gasteiger partial charge in [-0.3, -0.25) is 0 Å². The van der Waals surface area contributed by atoms with E-state index in [4.69, 9.17) is 13.9 Å². The molecule has 0 aromatic rings. The van der Waals surface area contributed by atoms with E-state index in [1.165, 1.54) is 0 Å². The van der Waals surface area contributed by atoms with Gasteiger partial charge in [-0.05, 0) is 19.4 Å². The summed E-state index contributed by atoms with van der Waals surface area (Å²) in [4.78, 5) is 11.5. The molecule has 5 heteroatoms. The van der Waals surface area contributed by atoms with Crippen LogP contribution in [-0.4, -0.2) is 35.2 Å². The van der Waals surface area contributed by atoms with E-state index in [0.717, 1.165) is 25.7 Å². The van der Waals surface area contributed by atoms with Crippen molar-refractivity contribution in [3.8, 4) is 0 Å². The van der Waals surface area contributed by atoms with Gasteiger partial charge in [-0.2, -0.15) is 0 Å². The third-order valence-corrected chi connectivity index (χ3v) is 2.59. The molecule has 0 bridgehead atoms. The molecule has 0 atom stereocenters. The second kappa shape index (κ2) is 11.1. The highest BCUT2D eigenvalue weighted by Gasteiger charge is 2.20. The average Bonchev–Trinajstić information content (AvgIpc) is 2.28. The van der Waals surface area contributed by atoms with Gasteiger partial charge in [0, 0.05) is 0 Å². The summed E-state index contributed by atoms with van der Waals surface area (Å²) in [5.74, 6) is -0.360. The molecule has 0 rings (SSSR count). The van der Waals surface area contributed by atoms with Crippen LogP contribution in [0, 0.1) is 0 Å². The summed E-state index contributed by atoms with van der Waals surface area (Å²) in [7, 11) is -0.743. The van der Waals surface area contributed by atoms with Crippen LogP contribution in [0.3, 0.4) is 0 Å². The molecule has 0 heterocycles. The van der Waals surface area contributed by atoms with Gasteiger partial charge < -0.3 is 13.9 Å². The highest BCUT2D eigenvalue weighted by molar-refractivity contribution is 6.28. The summed E-state index contributed by atoms with van der Waals surface area (Å²) < 4.78 is 15.8. The Morgan fingerprint density at radius 2 is 1.62 bits per heavy atom. The summed E-state index contributed by atoms with van der Waals surface area (Å²) >= 11 is 0. The Kier molecular flexibility index (Phi) is 10.8. The molecule has 16 heavy (non-hydrogen) atoms. The molecule has 0 radical (unpaired) electrons. The summed E-state index contributed by atoms with van der Waals surface area (Å²) in [5, 5.41) is 0. The van der Waals surface area contributed by atoms with E-state index < -0.39 is 16.1 Å². The number of hydrogen-bond acceptors (Lipinski definition) is 4. The molecule has 0 spiro atoms. The fourth-order valence-electron chi connectivity index (χ4n) is 1.06. The van der Waals surface area contributed by atoms with Crippen LogP contribution in [0.1, 0.15) is 39.5 Å². The predicted molar refractivity (Wildman–Crippen MR) is 66.0 cm³/mol. The maximum atomic E-state index is 11.5. The molecule has 0 aliphatic heterocycles. The van der Waals surface area contributed by atoms with Crippen LogP contribution in [0.15, 0.2) is 0 Å². The van der Waals surface area contributed by atoms with Crippen molar-refractivity contribution in [3.63, 3.8) is 0 Å². The smallest absolute Gasteiger partial charge is 0.349 e. The van der Waals surface area contributed by atoms with Crippen LogP contribution >= 0.6 is 0 Å². The zero-order chi connectivity index (χ0) is 12.2. The fourth-order valence-corrected chi connectivity index (χ4v) is 1.48. The Labute approximate surface area is 101 Å². The first-order valence-corrected chi connectivity index (χ1v) is 8.15. The van der Waals surface area contributed by atoms with Gasteiger partial charge >= 0.3 is 5.97 Å². The first-order chi connectivity index (χ1) is 7.76. The van der Waals surface area contributed by atoms with Crippen LogP contribution in [-0.2, 0) is 18.7 Å². The van der Waals surface area contributed by atoms with Crippen molar-refractivity contribution in [1.82, 2.24) is 0 Å². The Morgan fingerprint density at radius 1 is 1.12 bits per heavy atom. The first kappa shape index (κ1) is 15.6. The molecular formula is C11H24O4Si. The fraction of sp³-hybridized carbons (Fsp3) is 0.909. The lowest BCUT2D eigenvalue weighted by Gasteiger charge is -2.17. The average molecular weight is 248 g/mol. The van der Waals surface area contributed by atoms with Crippen LogP contribution in [0.2, 0.25) is 6.55 Å². The van der Waals surface area contributed by atoms with E-state index in [-0.39, 0.29) is 5.97 Å². The minimum Gasteiger partial charge on any atom is -0.522 e. The molecule has 4 nitrogen and oxygen atoms in total. The molecule has 0 N–H and O–H groups in total. The Bertz CT molecular complexity index is 165. The van der Waals surface area contributed by atoms with Gasteiger partial charge in [0.25, 0.3) is 6.29 Å². The molecule has 0 saturated carbocycles. The summed E-state index contributed by atoms with van der Waals surface area (Å²) in [6, 6.07) is 0. The molecule has 0 amide bonds. The van der Waals surface area contributed by atoms with Crippen molar-refractivity contribution in [3.05, 3.63) is 0 Å². The molecule has 0 aromatic carbocycles. The lowest BCUT2D eigenvalue weighted by Crippen LogP contribution is -2.31. The molecule has 0 aliphatic carbocycles. The van der Waals surface area contributed by atoms with Crippen molar-refractivity contribution >= 4 is 15.7 Å². The van der Waals surface area contributed by atoms with Crippen LogP contribution < -0.4 is 0 Å². The quantitative estimate of drug-likeness (QED) is 0.335. The van der Waals surface area contributed by atoms with Gasteiger partial charge in [-0.1, -0.05) is 26.7 Å². The van der Waals surface area contributed by atoms with Gasteiger partial charge in [0.05, 0.1) is 13.2 Å². The molecule has 0 unspecified atom stereocenters. The van der Waals surface area contributed by atoms with Crippen molar-refractivity contribution in [1.29, 1.82) is 0 Å². The second-order valence-electron chi connectivity index (χ2n) is 3.53. The zero-order valence-electron chi connectivity index (χ0n) is 10.7. The molecule has 96 valence electrons. The predicted octanol–water partition coefficient (Wildman–Crippen LogP) is 1.62. The van der Waals surface area contributed by atoms with Crippen molar-refractivity contribution in [2.45, 2.75) is 52.4 Å². The monoisotopic (exact) mass is 248 g/mol. The maximum absolute atomic E-state index is 11.5. The third kappa shape index (κ3) is 7.84. The molecule has 0 saturated heterocycles. The van der Waals surface area contributed by atoms with E-state index in [1.807, 2.05) is 6.55 Å². The Hall–Kier alpha value is -0.393. The van der Waals surface area contributed by atoms with Gasteiger partial charge in [-0.25, -0.2) is 4.79 Å². The SMILES string of the molecule is CCCCOC(OCCCC)C(=O)O[SiH2]C. The third-order valence-electron chi connectivity index (χ3n) is 2.01. The Morgan fingerprint density at radius 3 is 2.00 bits per heavy atom. The van der Waals surface area contributed by atoms with Crippen molar-refractivity contribution in [2.24, 2.45) is 0 Å². The number of hydrogen-bond donors (Lipinski definition) is 0. The topological polar surface area (TPSA) is 44.8 Å². The van der Waals surface area contributed by atoms with E-state index in [9.17, 15) is 4.79 Å². The molecular weight excluding hydrogens is 224 g/mol. The normalized spacial score (nSPS) is 11.5. The lowest BCUT2D eigenvalue weighted by molar-refractivity contribution is -0.187. The van der Waals surface area contributed by atoms with E-state index in [2.05, 4.69) is 13.8 Å².